The number of hydrogen-bond acceptors (Lipinski definition) is 6. The molecule has 0 unspecified atom stereocenters. The number of carbonyl (C=O) groups excluding carboxylic acids is 1. The van der Waals surface area contributed by atoms with Crippen LogP contribution in [0, 0.1) is 0 Å². The van der Waals surface area contributed by atoms with Crippen LogP contribution >= 0.6 is 0 Å². The van der Waals surface area contributed by atoms with Crippen molar-refractivity contribution in [2.45, 2.75) is 12.2 Å². The van der Waals surface area contributed by atoms with Crippen molar-refractivity contribution in [1.29, 1.82) is 0 Å². The summed E-state index contributed by atoms with van der Waals surface area (Å²) in [6.07, 6.45) is -3.70. The second kappa shape index (κ2) is 3.77. The molecule has 0 aromatic carbocycles. The summed E-state index contributed by atoms with van der Waals surface area (Å²) in [7, 11) is -4.60. The Kier molecular flexibility index (Phi) is 3.59. The molecule has 2 atom stereocenters. The van der Waals surface area contributed by atoms with Crippen LogP contribution in [0.4, 0.5) is 0 Å². The third-order valence-electron chi connectivity index (χ3n) is 0.909. The van der Waals surface area contributed by atoms with E-state index in [1.807, 2.05) is 0 Å². The fraction of sp³-hybridized carbons (Fsp3) is 0.750. The smallest absolute Gasteiger partial charge is 0.151 e. The van der Waals surface area contributed by atoms with Gasteiger partial charge in [0.05, 0.1) is 22.0 Å². The lowest BCUT2D eigenvalue weighted by Gasteiger charge is -2.14. The molecule has 0 rings (SSSR count). The van der Waals surface area contributed by atoms with Crippen molar-refractivity contribution in [3.05, 3.63) is 0 Å². The second-order valence-electron chi connectivity index (χ2n) is 1.92. The molecule has 11 heavy (non-hydrogen) atoms. The standard InChI is InChI=1S/C4H8O6S/c5-1-3(6)4(7)2-11(8,9)10/h1,3-4,6-7H,2H2,(H,8,9,10)/p-1/t3-,4+/m0/s1. The van der Waals surface area contributed by atoms with Gasteiger partial charge in [0.25, 0.3) is 0 Å². The summed E-state index contributed by atoms with van der Waals surface area (Å²) >= 11 is 0. The van der Waals surface area contributed by atoms with Crippen LogP contribution in [0.3, 0.4) is 0 Å². The Morgan fingerprint density at radius 3 is 2.18 bits per heavy atom. The zero-order chi connectivity index (χ0) is 9.07. The largest absolute Gasteiger partial charge is 0.748 e. The van der Waals surface area contributed by atoms with Gasteiger partial charge in [-0.1, -0.05) is 0 Å². The minimum absolute atomic E-state index is 0.0458. The van der Waals surface area contributed by atoms with Gasteiger partial charge in [-0.15, -0.1) is 0 Å². The van der Waals surface area contributed by atoms with Gasteiger partial charge in [-0.3, -0.25) is 0 Å². The van der Waals surface area contributed by atoms with Gasteiger partial charge in [0, 0.05) is 0 Å². The Morgan fingerprint density at radius 2 is 1.91 bits per heavy atom. The number of hydrogen-bond donors (Lipinski definition) is 2. The predicted molar refractivity (Wildman–Crippen MR) is 32.6 cm³/mol. The molecule has 2 N–H and O–H groups in total. The number of rotatable bonds is 4. The maximum absolute atomic E-state index is 9.92. The summed E-state index contributed by atoms with van der Waals surface area (Å²) in [5.41, 5.74) is 0. The molecule has 0 aliphatic rings. The fourth-order valence-electron chi connectivity index (χ4n) is 0.398. The molecule has 0 aliphatic carbocycles. The highest BCUT2D eigenvalue weighted by Gasteiger charge is 2.17. The van der Waals surface area contributed by atoms with Gasteiger partial charge < -0.3 is 19.6 Å². The Morgan fingerprint density at radius 1 is 1.45 bits per heavy atom. The van der Waals surface area contributed by atoms with Gasteiger partial charge in [-0.2, -0.15) is 0 Å². The summed E-state index contributed by atoms with van der Waals surface area (Å²) in [4.78, 5) is 9.73. The molecule has 0 aliphatic heterocycles. The molecular weight excluding hydrogens is 176 g/mol. The van der Waals surface area contributed by atoms with Crippen molar-refractivity contribution in [1.82, 2.24) is 0 Å². The quantitative estimate of drug-likeness (QED) is 0.366. The zero-order valence-electron chi connectivity index (χ0n) is 5.37. The summed E-state index contributed by atoms with van der Waals surface area (Å²) in [5, 5.41) is 17.1. The molecule has 6 nitrogen and oxygen atoms in total. The van der Waals surface area contributed by atoms with Crippen molar-refractivity contribution < 1.29 is 28.0 Å². The Balaban J connectivity index is 4.08. The van der Waals surface area contributed by atoms with Crippen LogP contribution in [0.1, 0.15) is 0 Å². The first kappa shape index (κ1) is 10.5. The van der Waals surface area contributed by atoms with Gasteiger partial charge in [0.1, 0.15) is 6.10 Å². The minimum Gasteiger partial charge on any atom is -0.748 e. The van der Waals surface area contributed by atoms with E-state index in [-0.39, 0.29) is 6.29 Å². The van der Waals surface area contributed by atoms with Crippen molar-refractivity contribution in [2.75, 3.05) is 5.75 Å². The van der Waals surface area contributed by atoms with Crippen LogP contribution in [0.5, 0.6) is 0 Å². The van der Waals surface area contributed by atoms with E-state index in [1.54, 1.807) is 0 Å². The Labute approximate surface area is 63.2 Å². The van der Waals surface area contributed by atoms with E-state index in [9.17, 15) is 17.8 Å². The third-order valence-corrected chi connectivity index (χ3v) is 1.66. The lowest BCUT2D eigenvalue weighted by molar-refractivity contribution is -0.119. The maximum Gasteiger partial charge on any atom is 0.151 e. The molecule has 0 bridgehead atoms. The Hall–Kier alpha value is -0.500. The summed E-state index contributed by atoms with van der Waals surface area (Å²) < 4.78 is 29.8. The lowest BCUT2D eigenvalue weighted by Crippen LogP contribution is -2.33. The number of carbonyl (C=O) groups is 1. The predicted octanol–water partition coefficient (Wildman–Crippen LogP) is -2.55. The van der Waals surface area contributed by atoms with Crippen LogP contribution in [0.15, 0.2) is 0 Å². The van der Waals surface area contributed by atoms with Gasteiger partial charge in [0.15, 0.2) is 6.29 Å². The number of aldehydes is 1. The highest BCUT2D eigenvalue weighted by Crippen LogP contribution is 1.94. The van der Waals surface area contributed by atoms with E-state index < -0.39 is 28.1 Å². The second-order valence-corrected chi connectivity index (χ2v) is 3.37. The van der Waals surface area contributed by atoms with Gasteiger partial charge in [0.2, 0.25) is 0 Å². The Bertz CT molecular complexity index is 219. The van der Waals surface area contributed by atoms with Crippen LogP contribution in [0.25, 0.3) is 0 Å². The summed E-state index contributed by atoms with van der Waals surface area (Å²) in [5.74, 6) is -1.16. The molecule has 0 spiro atoms. The molecule has 0 radical (unpaired) electrons. The monoisotopic (exact) mass is 183 g/mol. The lowest BCUT2D eigenvalue weighted by atomic mass is 10.2. The maximum atomic E-state index is 9.92. The summed E-state index contributed by atoms with van der Waals surface area (Å²) in [6, 6.07) is 0. The van der Waals surface area contributed by atoms with Crippen LogP contribution in [-0.4, -0.2) is 47.4 Å². The van der Waals surface area contributed by atoms with Gasteiger partial charge in [-0.05, 0) is 0 Å². The van der Waals surface area contributed by atoms with Crippen LogP contribution < -0.4 is 0 Å². The molecule has 66 valence electrons. The first-order valence-corrected chi connectivity index (χ1v) is 4.19. The molecule has 0 heterocycles. The van der Waals surface area contributed by atoms with E-state index in [2.05, 4.69) is 0 Å². The first-order chi connectivity index (χ1) is 4.87. The normalized spacial score (nSPS) is 17.4. The van der Waals surface area contributed by atoms with Gasteiger partial charge in [-0.25, -0.2) is 8.42 Å². The van der Waals surface area contributed by atoms with E-state index >= 15 is 0 Å². The van der Waals surface area contributed by atoms with E-state index in [1.165, 1.54) is 0 Å². The molecule has 0 saturated carbocycles. The third kappa shape index (κ3) is 4.85. The zero-order valence-corrected chi connectivity index (χ0v) is 6.19. The number of aliphatic hydroxyl groups excluding tert-OH is 2. The first-order valence-electron chi connectivity index (χ1n) is 2.62. The average molecular weight is 183 g/mol. The van der Waals surface area contributed by atoms with Gasteiger partial charge >= 0.3 is 0 Å². The van der Waals surface area contributed by atoms with Crippen LogP contribution in [-0.2, 0) is 14.9 Å². The molecule has 0 amide bonds. The molecule has 7 heteroatoms. The highest BCUT2D eigenvalue weighted by molar-refractivity contribution is 7.85. The molecule has 0 aromatic heterocycles. The van der Waals surface area contributed by atoms with Crippen molar-refractivity contribution in [3.8, 4) is 0 Å². The topological polar surface area (TPSA) is 115 Å². The van der Waals surface area contributed by atoms with Crippen LogP contribution in [0.2, 0.25) is 0 Å². The minimum atomic E-state index is -4.60. The fourth-order valence-corrected chi connectivity index (χ4v) is 1.01. The van der Waals surface area contributed by atoms with E-state index in [0.29, 0.717) is 0 Å². The molecule has 0 aromatic rings. The van der Waals surface area contributed by atoms with E-state index in [0.717, 1.165) is 0 Å². The highest BCUT2D eigenvalue weighted by atomic mass is 32.2. The summed E-state index contributed by atoms with van der Waals surface area (Å²) in [6.45, 7) is 0. The van der Waals surface area contributed by atoms with E-state index in [4.69, 9.17) is 10.2 Å². The molecule has 0 saturated heterocycles. The average Bonchev–Trinajstić information content (AvgIpc) is 1.82. The van der Waals surface area contributed by atoms with Crippen molar-refractivity contribution in [3.63, 3.8) is 0 Å². The van der Waals surface area contributed by atoms with Crippen molar-refractivity contribution >= 4 is 16.4 Å². The molecule has 0 fully saturated rings. The van der Waals surface area contributed by atoms with Crippen molar-refractivity contribution in [2.24, 2.45) is 0 Å². The number of aliphatic hydroxyl groups is 2. The molecular formula is C4H7O6S-. The SMILES string of the molecule is O=C[C@H](O)[C@H](O)CS(=O)(=O)[O-].